The van der Waals surface area contributed by atoms with Gasteiger partial charge in [-0.1, -0.05) is 0 Å². The number of Topliss-reactive ketones (excluding diaryl/α,β-unsaturated/α-hetero) is 1. The van der Waals surface area contributed by atoms with Crippen molar-refractivity contribution in [3.8, 4) is 5.75 Å². The molecule has 0 aromatic heterocycles. The van der Waals surface area contributed by atoms with Crippen molar-refractivity contribution in [2.24, 2.45) is 0 Å². The smallest absolute Gasteiger partial charge is 0.179 e. The normalized spacial score (nSPS) is 16.0. The van der Waals surface area contributed by atoms with Crippen LogP contribution in [0.4, 0.5) is 5.69 Å². The van der Waals surface area contributed by atoms with Crippen molar-refractivity contribution in [1.82, 2.24) is 5.32 Å². The third kappa shape index (κ3) is 3.47. The van der Waals surface area contributed by atoms with Crippen LogP contribution in [-0.2, 0) is 0 Å². The second-order valence-electron chi connectivity index (χ2n) is 5.97. The van der Waals surface area contributed by atoms with Gasteiger partial charge in [0.2, 0.25) is 0 Å². The Kier molecular flexibility index (Phi) is 3.80. The molecule has 4 heteroatoms. The van der Waals surface area contributed by atoms with Gasteiger partial charge >= 0.3 is 0 Å². The number of benzene rings is 1. The van der Waals surface area contributed by atoms with E-state index in [1.165, 1.54) is 0 Å². The van der Waals surface area contributed by atoms with Gasteiger partial charge < -0.3 is 15.4 Å². The zero-order chi connectivity index (χ0) is 14.0. The predicted molar refractivity (Wildman–Crippen MR) is 77.1 cm³/mol. The van der Waals surface area contributed by atoms with Crippen LogP contribution in [0.1, 0.15) is 38.1 Å². The number of fused-ring (bicyclic) bond motifs is 1. The topological polar surface area (TPSA) is 50.4 Å². The third-order valence-corrected chi connectivity index (χ3v) is 2.98. The van der Waals surface area contributed by atoms with Gasteiger partial charge in [0.05, 0.1) is 11.7 Å². The second-order valence-corrected chi connectivity index (χ2v) is 5.97. The van der Waals surface area contributed by atoms with Gasteiger partial charge in [0.25, 0.3) is 0 Å². The Hall–Kier alpha value is -1.55. The number of carbonyl (C=O) groups is 1. The number of anilines is 1. The number of nitrogens with one attached hydrogen (secondary N) is 2. The molecule has 0 saturated heterocycles. The maximum absolute atomic E-state index is 12.4. The van der Waals surface area contributed by atoms with E-state index in [1.54, 1.807) is 0 Å². The van der Waals surface area contributed by atoms with Crippen molar-refractivity contribution in [2.45, 2.75) is 39.3 Å². The van der Waals surface area contributed by atoms with Gasteiger partial charge in [0, 0.05) is 17.6 Å². The molecule has 0 saturated carbocycles. The minimum absolute atomic E-state index is 0.0787. The second kappa shape index (κ2) is 5.21. The molecule has 0 bridgehead atoms. The summed E-state index contributed by atoms with van der Waals surface area (Å²) >= 11 is 0. The summed E-state index contributed by atoms with van der Waals surface area (Å²) in [6, 6.07) is 5.35. The molecule has 1 aromatic rings. The van der Waals surface area contributed by atoms with Crippen LogP contribution < -0.4 is 15.4 Å². The number of hydrogen-bond acceptors (Lipinski definition) is 4. The highest BCUT2D eigenvalue weighted by molar-refractivity contribution is 6.01. The van der Waals surface area contributed by atoms with E-state index in [9.17, 15) is 4.79 Å². The van der Waals surface area contributed by atoms with Gasteiger partial charge in [-0.3, -0.25) is 4.79 Å². The summed E-state index contributed by atoms with van der Waals surface area (Å²) in [6.45, 7) is 9.51. The highest BCUT2D eigenvalue weighted by Crippen LogP contribution is 2.28. The van der Waals surface area contributed by atoms with E-state index >= 15 is 0 Å². The molecular weight excluding hydrogens is 240 g/mol. The molecule has 19 heavy (non-hydrogen) atoms. The van der Waals surface area contributed by atoms with Crippen LogP contribution in [0, 0.1) is 0 Å². The van der Waals surface area contributed by atoms with Crippen molar-refractivity contribution < 1.29 is 9.53 Å². The van der Waals surface area contributed by atoms with E-state index in [4.69, 9.17) is 4.74 Å². The van der Waals surface area contributed by atoms with Gasteiger partial charge in [0.15, 0.2) is 5.78 Å². The summed E-state index contributed by atoms with van der Waals surface area (Å²) in [5.41, 5.74) is 1.53. The molecule has 1 atom stereocenters. The molecule has 1 aliphatic heterocycles. The molecule has 0 amide bonds. The Bertz CT molecular complexity index is 478. The number of ketones is 1. The third-order valence-electron chi connectivity index (χ3n) is 2.98. The van der Waals surface area contributed by atoms with Gasteiger partial charge in [-0.2, -0.15) is 0 Å². The summed E-state index contributed by atoms with van der Waals surface area (Å²) in [5, 5.41) is 6.54. The monoisotopic (exact) mass is 262 g/mol. The van der Waals surface area contributed by atoms with E-state index < -0.39 is 0 Å². The fourth-order valence-electron chi connectivity index (χ4n) is 2.26. The van der Waals surface area contributed by atoms with Crippen molar-refractivity contribution in [1.29, 1.82) is 0 Å². The lowest BCUT2D eigenvalue weighted by Crippen LogP contribution is -2.46. The molecular formula is C15H22N2O2. The highest BCUT2D eigenvalue weighted by atomic mass is 16.5. The molecule has 1 heterocycles. The summed E-state index contributed by atoms with van der Waals surface area (Å²) in [7, 11) is 0. The molecule has 104 valence electrons. The maximum atomic E-state index is 12.4. The number of ether oxygens (including phenoxy) is 1. The standard InChI is InChI=1S/C15H22N2O2/c1-10(17-15(2,3)4)14(18)11-5-6-13-12(9-11)16-7-8-19-13/h5-6,9-10,16-17H,7-8H2,1-4H3. The fraction of sp³-hybridized carbons (Fsp3) is 0.533. The van der Waals surface area contributed by atoms with Crippen LogP contribution in [0.2, 0.25) is 0 Å². The Morgan fingerprint density at radius 1 is 1.42 bits per heavy atom. The average molecular weight is 262 g/mol. The van der Waals surface area contributed by atoms with Crippen molar-refractivity contribution in [2.75, 3.05) is 18.5 Å². The molecule has 0 fully saturated rings. The van der Waals surface area contributed by atoms with Crippen LogP contribution in [0.3, 0.4) is 0 Å². The lowest BCUT2D eigenvalue weighted by atomic mass is 10.0. The van der Waals surface area contributed by atoms with Crippen LogP contribution in [0.25, 0.3) is 0 Å². The van der Waals surface area contributed by atoms with E-state index in [1.807, 2.05) is 25.1 Å². The largest absolute Gasteiger partial charge is 0.490 e. The van der Waals surface area contributed by atoms with Crippen molar-refractivity contribution in [3.63, 3.8) is 0 Å². The zero-order valence-electron chi connectivity index (χ0n) is 12.0. The molecule has 1 unspecified atom stereocenters. The van der Waals surface area contributed by atoms with Crippen LogP contribution in [0.15, 0.2) is 18.2 Å². The van der Waals surface area contributed by atoms with Crippen LogP contribution in [-0.4, -0.2) is 30.5 Å². The first-order chi connectivity index (χ1) is 8.87. The number of rotatable bonds is 3. The first-order valence-corrected chi connectivity index (χ1v) is 6.69. The fourth-order valence-corrected chi connectivity index (χ4v) is 2.26. The van der Waals surface area contributed by atoms with Gasteiger partial charge in [0.1, 0.15) is 12.4 Å². The van der Waals surface area contributed by atoms with Crippen LogP contribution >= 0.6 is 0 Å². The van der Waals surface area contributed by atoms with Gasteiger partial charge in [-0.05, 0) is 45.9 Å². The minimum atomic E-state index is -0.206. The van der Waals surface area contributed by atoms with Crippen LogP contribution in [0.5, 0.6) is 5.75 Å². The van der Waals surface area contributed by atoms with Gasteiger partial charge in [-0.15, -0.1) is 0 Å². The van der Waals surface area contributed by atoms with E-state index in [0.29, 0.717) is 12.2 Å². The Balaban J connectivity index is 2.15. The zero-order valence-corrected chi connectivity index (χ0v) is 12.0. The first-order valence-electron chi connectivity index (χ1n) is 6.69. The van der Waals surface area contributed by atoms with Crippen molar-refractivity contribution >= 4 is 11.5 Å². The average Bonchev–Trinajstić information content (AvgIpc) is 2.35. The molecule has 1 aliphatic rings. The van der Waals surface area contributed by atoms with Crippen molar-refractivity contribution in [3.05, 3.63) is 23.8 Å². The van der Waals surface area contributed by atoms with E-state index in [2.05, 4.69) is 31.4 Å². The molecule has 2 N–H and O–H groups in total. The molecule has 0 radical (unpaired) electrons. The van der Waals surface area contributed by atoms with Gasteiger partial charge in [-0.25, -0.2) is 0 Å². The molecule has 4 nitrogen and oxygen atoms in total. The lowest BCUT2D eigenvalue weighted by molar-refractivity contribution is 0.0935. The quantitative estimate of drug-likeness (QED) is 0.822. The Morgan fingerprint density at radius 3 is 2.84 bits per heavy atom. The predicted octanol–water partition coefficient (Wildman–Crippen LogP) is 2.45. The van der Waals surface area contributed by atoms with E-state index in [0.717, 1.165) is 18.0 Å². The summed E-state index contributed by atoms with van der Waals surface area (Å²) in [5.74, 6) is 0.921. The highest BCUT2D eigenvalue weighted by Gasteiger charge is 2.22. The molecule has 0 aliphatic carbocycles. The summed E-state index contributed by atoms with van der Waals surface area (Å²) in [6.07, 6.45) is 0. The number of hydrogen-bond donors (Lipinski definition) is 2. The summed E-state index contributed by atoms with van der Waals surface area (Å²) < 4.78 is 5.51. The van der Waals surface area contributed by atoms with E-state index in [-0.39, 0.29) is 17.4 Å². The summed E-state index contributed by atoms with van der Waals surface area (Å²) in [4.78, 5) is 12.4. The Morgan fingerprint density at radius 2 is 2.16 bits per heavy atom. The first kappa shape index (κ1) is 13.9. The number of carbonyl (C=O) groups excluding carboxylic acids is 1. The minimum Gasteiger partial charge on any atom is -0.490 e. The Labute approximate surface area is 114 Å². The maximum Gasteiger partial charge on any atom is 0.179 e. The molecule has 1 aromatic carbocycles. The molecule has 2 rings (SSSR count). The molecule has 0 spiro atoms. The SMILES string of the molecule is CC(NC(C)(C)C)C(=O)c1ccc2c(c1)NCCO2. The lowest BCUT2D eigenvalue weighted by Gasteiger charge is -2.26.